The largest absolute Gasteiger partial charge is 0.464 e. The van der Waals surface area contributed by atoms with E-state index in [4.69, 9.17) is 9.47 Å². The van der Waals surface area contributed by atoms with E-state index in [1.165, 1.54) is 5.01 Å². The minimum atomic E-state index is -1.47. The van der Waals surface area contributed by atoms with Crippen molar-refractivity contribution in [3.8, 4) is 0 Å². The van der Waals surface area contributed by atoms with Crippen LogP contribution in [0.5, 0.6) is 0 Å². The molecule has 0 bridgehead atoms. The Balaban J connectivity index is 2.03. The molecule has 28 heavy (non-hydrogen) atoms. The van der Waals surface area contributed by atoms with E-state index >= 15 is 0 Å². The van der Waals surface area contributed by atoms with Gasteiger partial charge in [-0.05, 0) is 25.5 Å². The van der Waals surface area contributed by atoms with Gasteiger partial charge in [-0.25, -0.2) is 14.7 Å². The van der Waals surface area contributed by atoms with E-state index in [2.05, 4.69) is 0 Å². The van der Waals surface area contributed by atoms with Crippen LogP contribution in [0.15, 0.2) is 54.6 Å². The van der Waals surface area contributed by atoms with Gasteiger partial charge < -0.3 is 9.47 Å². The third-order valence-corrected chi connectivity index (χ3v) is 4.46. The summed E-state index contributed by atoms with van der Waals surface area (Å²) in [6.45, 7) is 3.81. The summed E-state index contributed by atoms with van der Waals surface area (Å²) >= 11 is 0. The summed E-state index contributed by atoms with van der Waals surface area (Å²) in [4.78, 5) is 25.2. The van der Waals surface area contributed by atoms with Crippen LogP contribution >= 0.6 is 0 Å². The molecule has 2 aromatic carbocycles. The van der Waals surface area contributed by atoms with E-state index in [1.54, 1.807) is 37.1 Å². The first kappa shape index (κ1) is 19.9. The number of carbonyl (C=O) groups is 2. The summed E-state index contributed by atoms with van der Waals surface area (Å²) in [6, 6.07) is 15.1. The number of anilines is 1. The summed E-state index contributed by atoms with van der Waals surface area (Å²) in [6.07, 6.45) is -1.43. The molecule has 1 radical (unpaired) electrons. The molecule has 0 aromatic heterocycles. The number of benzene rings is 2. The third-order valence-electron chi connectivity index (χ3n) is 4.46. The zero-order chi connectivity index (χ0) is 20.1. The van der Waals surface area contributed by atoms with Crippen molar-refractivity contribution in [1.82, 2.24) is 5.01 Å². The maximum atomic E-state index is 13.2. The second-order valence-corrected chi connectivity index (χ2v) is 6.24. The highest BCUT2D eigenvalue weighted by atomic mass is 16.6. The van der Waals surface area contributed by atoms with E-state index < -0.39 is 24.2 Å². The first-order chi connectivity index (χ1) is 13.6. The van der Waals surface area contributed by atoms with Gasteiger partial charge in [-0.15, -0.1) is 0 Å². The number of ether oxygens (including phenoxy) is 2. The maximum Gasteiger partial charge on any atom is 0.337 e. The van der Waals surface area contributed by atoms with Crippen LogP contribution in [-0.4, -0.2) is 36.2 Å². The lowest BCUT2D eigenvalue weighted by Crippen LogP contribution is -2.54. The Bertz CT molecular complexity index is 809. The van der Waals surface area contributed by atoms with Crippen LogP contribution in [0.25, 0.3) is 0 Å². The molecule has 0 amide bonds. The van der Waals surface area contributed by atoms with Gasteiger partial charge in [0.05, 0.1) is 25.4 Å². The van der Waals surface area contributed by atoms with Gasteiger partial charge in [0.25, 0.3) is 0 Å². The number of hydrogen-bond donors (Lipinski definition) is 0. The average Bonchev–Trinajstić information content (AvgIpc) is 2.96. The van der Waals surface area contributed by atoms with E-state index in [0.717, 1.165) is 5.56 Å². The maximum absolute atomic E-state index is 13.2. The van der Waals surface area contributed by atoms with E-state index in [9.17, 15) is 14.7 Å². The van der Waals surface area contributed by atoms with Crippen LogP contribution in [-0.2, 0) is 30.7 Å². The highest BCUT2D eigenvalue weighted by molar-refractivity contribution is 5.99. The summed E-state index contributed by atoms with van der Waals surface area (Å²) in [5.74, 6) is -1.60. The molecule has 0 saturated carbocycles. The molecule has 0 spiro atoms. The lowest BCUT2D eigenvalue weighted by Gasteiger charge is -2.35. The highest BCUT2D eigenvalue weighted by Gasteiger charge is 2.48. The Labute approximate surface area is 164 Å². The summed E-state index contributed by atoms with van der Waals surface area (Å²) in [7, 11) is 0. The first-order valence-electron chi connectivity index (χ1n) is 9.26. The van der Waals surface area contributed by atoms with Gasteiger partial charge in [-0.3, -0.25) is 5.01 Å². The van der Waals surface area contributed by atoms with Crippen molar-refractivity contribution in [2.75, 3.05) is 18.2 Å². The first-order valence-corrected chi connectivity index (χ1v) is 9.26. The Hall–Kier alpha value is -2.90. The fourth-order valence-electron chi connectivity index (χ4n) is 3.28. The van der Waals surface area contributed by atoms with Crippen LogP contribution in [0.4, 0.5) is 5.69 Å². The third kappa shape index (κ3) is 3.85. The molecular weight excluding hydrogens is 360 g/mol. The van der Waals surface area contributed by atoms with Gasteiger partial charge in [0.2, 0.25) is 6.04 Å². The molecule has 1 atom stereocenters. The zero-order valence-corrected chi connectivity index (χ0v) is 15.9. The molecule has 0 N–H and O–H groups in total. The molecule has 0 fully saturated rings. The number of hydrogen-bond acceptors (Lipinski definition) is 6. The van der Waals surface area contributed by atoms with Gasteiger partial charge in [0.15, 0.2) is 6.23 Å². The van der Waals surface area contributed by atoms with Crippen molar-refractivity contribution in [3.05, 3.63) is 65.7 Å². The highest BCUT2D eigenvalue weighted by Crippen LogP contribution is 2.41. The second kappa shape index (κ2) is 8.86. The van der Waals surface area contributed by atoms with Crippen molar-refractivity contribution in [1.29, 1.82) is 0 Å². The Morgan fingerprint density at radius 3 is 2.11 bits per heavy atom. The lowest BCUT2D eigenvalue weighted by molar-refractivity contribution is -0.173. The van der Waals surface area contributed by atoms with Crippen LogP contribution in [0.2, 0.25) is 0 Å². The van der Waals surface area contributed by atoms with Crippen molar-refractivity contribution in [2.45, 2.75) is 32.7 Å². The summed E-state index contributed by atoms with van der Waals surface area (Å²) in [5, 5.41) is 16.1. The van der Waals surface area contributed by atoms with Gasteiger partial charge in [-0.2, -0.15) is 5.01 Å². The quantitative estimate of drug-likeness (QED) is 0.540. The molecule has 2 aromatic rings. The van der Waals surface area contributed by atoms with Gasteiger partial charge in [0.1, 0.15) is 0 Å². The number of carbonyl (C=O) groups excluding carboxylic acids is 2. The molecule has 147 valence electrons. The lowest BCUT2D eigenvalue weighted by atomic mass is 10.1. The molecular formula is C21H23N2O5. The fraction of sp³-hybridized carbons (Fsp3) is 0.333. The predicted octanol–water partition coefficient (Wildman–Crippen LogP) is 2.85. The summed E-state index contributed by atoms with van der Waals surface area (Å²) in [5.41, 5.74) is 2.09. The van der Waals surface area contributed by atoms with Crippen molar-refractivity contribution < 1.29 is 24.2 Å². The molecule has 1 unspecified atom stereocenters. The Morgan fingerprint density at radius 2 is 1.50 bits per heavy atom. The Kier molecular flexibility index (Phi) is 6.28. The Morgan fingerprint density at radius 1 is 0.929 bits per heavy atom. The number of rotatable bonds is 7. The number of nitrogens with zero attached hydrogens (tertiary/aromatic N) is 2. The minimum absolute atomic E-state index is 0.0950. The topological polar surface area (TPSA) is 79.0 Å². The predicted molar refractivity (Wildman–Crippen MR) is 101 cm³/mol. The smallest absolute Gasteiger partial charge is 0.337 e. The molecule has 0 saturated heterocycles. The normalized spacial score (nSPS) is 16.1. The average molecular weight is 383 g/mol. The molecule has 0 aliphatic carbocycles. The molecule has 1 heterocycles. The molecule has 7 nitrogen and oxygen atoms in total. The molecule has 7 heteroatoms. The standard InChI is InChI=1S/C21H23N2O5/c1-3-27-20(25)18(21(26)28-4-2)23-19(24)16-12-8-9-13-17(16)22(23)14-15-10-6-5-7-11-15/h5-13,18-19H,3-4,14H2,1-2H3. The number of esters is 2. The zero-order valence-electron chi connectivity index (χ0n) is 15.9. The number of fused-ring (bicyclic) bond motifs is 1. The van der Waals surface area contributed by atoms with Crippen LogP contribution in [0, 0.1) is 0 Å². The van der Waals surface area contributed by atoms with E-state index in [0.29, 0.717) is 17.8 Å². The van der Waals surface area contributed by atoms with Gasteiger partial charge >= 0.3 is 11.9 Å². The second-order valence-electron chi connectivity index (χ2n) is 6.24. The minimum Gasteiger partial charge on any atom is -0.464 e. The van der Waals surface area contributed by atoms with Gasteiger partial charge in [0, 0.05) is 5.56 Å². The molecule has 3 rings (SSSR count). The number of hydrazine groups is 1. The molecule has 1 aliphatic rings. The monoisotopic (exact) mass is 383 g/mol. The molecule has 1 aliphatic heterocycles. The van der Waals surface area contributed by atoms with Crippen molar-refractivity contribution >= 4 is 17.6 Å². The van der Waals surface area contributed by atoms with Crippen molar-refractivity contribution in [3.63, 3.8) is 0 Å². The van der Waals surface area contributed by atoms with Crippen LogP contribution in [0.3, 0.4) is 0 Å². The van der Waals surface area contributed by atoms with Gasteiger partial charge in [-0.1, -0.05) is 48.5 Å². The van der Waals surface area contributed by atoms with Crippen molar-refractivity contribution in [2.24, 2.45) is 0 Å². The fourth-order valence-corrected chi connectivity index (χ4v) is 3.28. The SMILES string of the molecule is CCOC(=O)C(C(=O)OCC)N1C([O])c2ccccc2N1Cc1ccccc1. The number of para-hydroxylation sites is 1. The summed E-state index contributed by atoms with van der Waals surface area (Å²) < 4.78 is 10.2. The van der Waals surface area contributed by atoms with Crippen LogP contribution in [0.1, 0.15) is 31.2 Å². The van der Waals surface area contributed by atoms with Crippen LogP contribution < -0.4 is 5.01 Å². The van der Waals surface area contributed by atoms with E-state index in [1.807, 2.05) is 36.4 Å². The van der Waals surface area contributed by atoms with E-state index in [-0.39, 0.29) is 13.2 Å².